The molecule has 2 N–H and O–H groups in total. The molecule has 0 spiro atoms. The number of carbonyl (C=O) groups is 1. The molecule has 4 aromatic heterocycles. The van der Waals surface area contributed by atoms with Gasteiger partial charge in [0.05, 0.1) is 12.3 Å². The second-order valence-corrected chi connectivity index (χ2v) is 9.56. The normalized spacial score (nSPS) is 10.8. The van der Waals surface area contributed by atoms with Crippen LogP contribution in [0.15, 0.2) is 68.8 Å². The van der Waals surface area contributed by atoms with Crippen molar-refractivity contribution in [1.82, 2.24) is 29.9 Å². The molecule has 13 heteroatoms. The number of nitrogens with one attached hydrogen (secondary N) is 2. The number of carbonyl (C=O) groups excluding carboxylic acids is 1. The summed E-state index contributed by atoms with van der Waals surface area (Å²) >= 11 is 8.42. The van der Waals surface area contributed by atoms with E-state index in [1.54, 1.807) is 31.6 Å². The number of H-pyrrole nitrogens is 2. The monoisotopic (exact) mass is 542 g/mol. The SMILES string of the molecule is CCOC(=O)c1cc(=O)[nH]c(SCc2cncc(-c3cc(=O)[nH]c(SCc4ccc(Cl)nc4)n3)c2)n1. The molecule has 0 unspecified atom stereocenters. The fraction of sp³-hybridized carbons (Fsp3) is 0.174. The summed E-state index contributed by atoms with van der Waals surface area (Å²) in [5.74, 6) is 0.307. The summed E-state index contributed by atoms with van der Waals surface area (Å²) in [5, 5.41) is 1.15. The highest BCUT2D eigenvalue weighted by Gasteiger charge is 2.12. The van der Waals surface area contributed by atoms with Crippen molar-refractivity contribution in [3.63, 3.8) is 0 Å². The lowest BCUT2D eigenvalue weighted by Crippen LogP contribution is -2.15. The second-order valence-electron chi connectivity index (χ2n) is 7.24. The summed E-state index contributed by atoms with van der Waals surface area (Å²) in [6.07, 6.45) is 4.96. The van der Waals surface area contributed by atoms with Gasteiger partial charge in [-0.2, -0.15) is 0 Å². The van der Waals surface area contributed by atoms with Crippen molar-refractivity contribution >= 4 is 41.1 Å². The van der Waals surface area contributed by atoms with Crippen LogP contribution in [0.1, 0.15) is 28.5 Å². The third-order valence-corrected chi connectivity index (χ3v) is 6.67. The summed E-state index contributed by atoms with van der Waals surface area (Å²) in [5.41, 5.74) is 2.11. The number of halogens is 1. The number of esters is 1. The summed E-state index contributed by atoms with van der Waals surface area (Å²) in [7, 11) is 0. The van der Waals surface area contributed by atoms with Crippen molar-refractivity contribution in [2.24, 2.45) is 0 Å². The van der Waals surface area contributed by atoms with Crippen LogP contribution in [0.4, 0.5) is 0 Å². The molecule has 0 atom stereocenters. The third kappa shape index (κ3) is 7.03. The first-order valence-electron chi connectivity index (χ1n) is 10.6. The van der Waals surface area contributed by atoms with Gasteiger partial charge in [0.25, 0.3) is 11.1 Å². The summed E-state index contributed by atoms with van der Waals surface area (Å²) in [6.45, 7) is 1.86. The van der Waals surface area contributed by atoms with Crippen molar-refractivity contribution in [3.8, 4) is 11.3 Å². The second kappa shape index (κ2) is 12.0. The smallest absolute Gasteiger partial charge is 0.357 e. The Labute approximate surface area is 218 Å². The highest BCUT2D eigenvalue weighted by Crippen LogP contribution is 2.24. The van der Waals surface area contributed by atoms with E-state index in [1.165, 1.54) is 29.6 Å². The molecular formula is C23H19ClN6O4S2. The number of aromatic amines is 2. The van der Waals surface area contributed by atoms with Crippen molar-refractivity contribution in [1.29, 1.82) is 0 Å². The Morgan fingerprint density at radius 1 is 0.944 bits per heavy atom. The summed E-state index contributed by atoms with van der Waals surface area (Å²) < 4.78 is 4.91. The van der Waals surface area contributed by atoms with Gasteiger partial charge in [0.1, 0.15) is 5.15 Å². The van der Waals surface area contributed by atoms with Gasteiger partial charge in [-0.25, -0.2) is 19.7 Å². The minimum atomic E-state index is -0.657. The molecule has 0 bridgehead atoms. The fourth-order valence-electron chi connectivity index (χ4n) is 2.97. The highest BCUT2D eigenvalue weighted by atomic mass is 35.5. The number of rotatable bonds is 9. The molecule has 0 aromatic carbocycles. The van der Waals surface area contributed by atoms with Crippen molar-refractivity contribution in [3.05, 3.63) is 91.6 Å². The Morgan fingerprint density at radius 2 is 1.67 bits per heavy atom. The summed E-state index contributed by atoms with van der Waals surface area (Å²) in [4.78, 5) is 58.5. The molecule has 36 heavy (non-hydrogen) atoms. The van der Waals surface area contributed by atoms with E-state index in [0.717, 1.165) is 17.2 Å². The molecule has 10 nitrogen and oxygen atoms in total. The number of pyridine rings is 2. The molecule has 184 valence electrons. The van der Waals surface area contributed by atoms with E-state index >= 15 is 0 Å². The number of nitrogens with zero attached hydrogens (tertiary/aromatic N) is 4. The van der Waals surface area contributed by atoms with Crippen LogP contribution in [0.25, 0.3) is 11.3 Å². The van der Waals surface area contributed by atoms with Crippen LogP contribution < -0.4 is 11.1 Å². The van der Waals surface area contributed by atoms with E-state index < -0.39 is 11.5 Å². The molecule has 0 radical (unpaired) electrons. The zero-order chi connectivity index (χ0) is 25.5. The number of hydrogen-bond acceptors (Lipinski definition) is 10. The predicted molar refractivity (Wildman–Crippen MR) is 137 cm³/mol. The molecular weight excluding hydrogens is 524 g/mol. The Hall–Kier alpha value is -3.48. The Balaban J connectivity index is 1.48. The van der Waals surface area contributed by atoms with Gasteiger partial charge in [-0.15, -0.1) is 0 Å². The quantitative estimate of drug-likeness (QED) is 0.139. The van der Waals surface area contributed by atoms with E-state index in [0.29, 0.717) is 33.1 Å². The maximum absolute atomic E-state index is 12.3. The van der Waals surface area contributed by atoms with Crippen LogP contribution in [0, 0.1) is 0 Å². The topological polar surface area (TPSA) is 144 Å². The third-order valence-electron chi connectivity index (χ3n) is 4.55. The van der Waals surface area contributed by atoms with Crippen molar-refractivity contribution in [2.45, 2.75) is 28.7 Å². The van der Waals surface area contributed by atoms with Gasteiger partial charge < -0.3 is 14.7 Å². The molecule has 0 saturated heterocycles. The number of thioether (sulfide) groups is 2. The lowest BCUT2D eigenvalue weighted by atomic mass is 10.1. The Bertz CT molecular complexity index is 1490. The molecule has 0 fully saturated rings. The molecule has 4 rings (SSSR count). The van der Waals surface area contributed by atoms with E-state index in [1.807, 2.05) is 12.1 Å². The van der Waals surface area contributed by atoms with Crippen LogP contribution in [-0.4, -0.2) is 42.5 Å². The van der Waals surface area contributed by atoms with Crippen molar-refractivity contribution in [2.75, 3.05) is 6.61 Å². The van der Waals surface area contributed by atoms with E-state index in [2.05, 4.69) is 29.9 Å². The van der Waals surface area contributed by atoms with Gasteiger partial charge in [0.15, 0.2) is 16.0 Å². The first kappa shape index (κ1) is 25.6. The van der Waals surface area contributed by atoms with Crippen LogP contribution in [0.5, 0.6) is 0 Å². The van der Waals surface area contributed by atoms with Crippen molar-refractivity contribution < 1.29 is 9.53 Å². The molecule has 0 aliphatic heterocycles. The highest BCUT2D eigenvalue weighted by molar-refractivity contribution is 7.98. The molecule has 0 amide bonds. The molecule has 4 heterocycles. The minimum Gasteiger partial charge on any atom is -0.461 e. The van der Waals surface area contributed by atoms with E-state index in [4.69, 9.17) is 16.3 Å². The molecule has 0 saturated carbocycles. The first-order chi connectivity index (χ1) is 17.4. The van der Waals surface area contributed by atoms with Gasteiger partial charge >= 0.3 is 5.97 Å². The molecule has 0 aliphatic rings. The maximum atomic E-state index is 12.3. The molecule has 4 aromatic rings. The van der Waals surface area contributed by atoms with Crippen LogP contribution in [-0.2, 0) is 16.2 Å². The Morgan fingerprint density at radius 3 is 2.39 bits per heavy atom. The maximum Gasteiger partial charge on any atom is 0.357 e. The first-order valence-corrected chi connectivity index (χ1v) is 12.9. The lowest BCUT2D eigenvalue weighted by Gasteiger charge is -2.07. The average molecular weight is 543 g/mol. The minimum absolute atomic E-state index is 0.0536. The van der Waals surface area contributed by atoms with Gasteiger partial charge in [0.2, 0.25) is 0 Å². The van der Waals surface area contributed by atoms with Gasteiger partial charge in [-0.1, -0.05) is 41.2 Å². The zero-order valence-electron chi connectivity index (χ0n) is 18.9. The largest absolute Gasteiger partial charge is 0.461 e. The number of hydrogen-bond donors (Lipinski definition) is 2. The predicted octanol–water partition coefficient (Wildman–Crippen LogP) is 3.72. The van der Waals surface area contributed by atoms with Crippen LogP contribution in [0.2, 0.25) is 5.15 Å². The van der Waals surface area contributed by atoms with E-state index in [9.17, 15) is 14.4 Å². The fourth-order valence-corrected chi connectivity index (χ4v) is 4.69. The van der Waals surface area contributed by atoms with Crippen LogP contribution >= 0.6 is 35.1 Å². The van der Waals surface area contributed by atoms with Crippen LogP contribution in [0.3, 0.4) is 0 Å². The summed E-state index contributed by atoms with van der Waals surface area (Å²) in [6, 6.07) is 7.93. The number of ether oxygens (including phenoxy) is 1. The number of aromatic nitrogens is 6. The Kier molecular flexibility index (Phi) is 8.52. The van der Waals surface area contributed by atoms with Gasteiger partial charge in [-0.3, -0.25) is 14.6 Å². The lowest BCUT2D eigenvalue weighted by molar-refractivity contribution is 0.0518. The average Bonchev–Trinajstić information content (AvgIpc) is 2.87. The zero-order valence-corrected chi connectivity index (χ0v) is 21.2. The van der Waals surface area contributed by atoms with E-state index in [-0.39, 0.29) is 23.0 Å². The molecule has 0 aliphatic carbocycles. The van der Waals surface area contributed by atoms with Gasteiger partial charge in [0, 0.05) is 47.8 Å². The van der Waals surface area contributed by atoms with Gasteiger partial charge in [-0.05, 0) is 30.2 Å². The standard InChI is InChI=1S/C23H19ClN6O4S2/c1-2-34-21(33)17-7-20(32)30-23(28-17)36-12-14-5-15(10-25-8-14)16-6-19(31)29-22(27-16)35-11-13-3-4-18(24)26-9-13/h3-10H,2,11-12H2,1H3,(H,27,29,31)(H,28,30,32).